The molecule has 2 N–H and O–H groups in total. The number of rotatable bonds is 3. The zero-order valence-electron chi connectivity index (χ0n) is 5.47. The fraction of sp³-hybridized carbons (Fsp3) is 0.250. The van der Waals surface area contributed by atoms with E-state index in [4.69, 9.17) is 5.21 Å². The van der Waals surface area contributed by atoms with E-state index in [0.29, 0.717) is 0 Å². The molecule has 11 heavy (non-hydrogen) atoms. The van der Waals surface area contributed by atoms with Crippen LogP contribution in [0.5, 0.6) is 0 Å². The van der Waals surface area contributed by atoms with Gasteiger partial charge in [-0.05, 0) is 11.9 Å². The lowest BCUT2D eigenvalue weighted by atomic mass is 10.8. The average Bonchev–Trinajstić information content (AvgIpc) is 2.52. The quantitative estimate of drug-likeness (QED) is 0.467. The monoisotopic (exact) mass is 174 g/mol. The van der Waals surface area contributed by atoms with Gasteiger partial charge in [-0.15, -0.1) is 5.10 Å². The Morgan fingerprint density at radius 2 is 2.64 bits per heavy atom. The fourth-order valence-electron chi connectivity index (χ4n) is 0.423. The van der Waals surface area contributed by atoms with Gasteiger partial charge in [0.2, 0.25) is 0 Å². The highest BCUT2D eigenvalue weighted by Gasteiger charge is 1.99. The predicted octanol–water partition coefficient (Wildman–Crippen LogP) is -0.720. The fourth-order valence-corrected chi connectivity index (χ4v) is 0.972. The van der Waals surface area contributed by atoms with Crippen LogP contribution in [0.2, 0.25) is 0 Å². The topological polar surface area (TPSA) is 80.0 Å². The third kappa shape index (κ3) is 2.56. The summed E-state index contributed by atoms with van der Waals surface area (Å²) in [5.41, 5.74) is 1.51. The van der Waals surface area contributed by atoms with Crippen molar-refractivity contribution in [2.24, 2.45) is 0 Å². The first-order valence-electron chi connectivity index (χ1n) is 2.75. The number of nitrogens with zero attached hydrogens (tertiary/aromatic N) is 3. The molecule has 1 aromatic rings. The molecular formula is C4H6N4O2S. The third-order valence-corrected chi connectivity index (χ3v) is 1.70. The Kier molecular flexibility index (Phi) is 2.87. The van der Waals surface area contributed by atoms with Crippen molar-refractivity contribution in [3.63, 3.8) is 0 Å². The second-order valence-electron chi connectivity index (χ2n) is 1.61. The van der Waals surface area contributed by atoms with Crippen LogP contribution in [-0.2, 0) is 4.79 Å². The molecule has 0 unspecified atom stereocenters. The van der Waals surface area contributed by atoms with Crippen LogP contribution in [0.15, 0.2) is 12.4 Å². The van der Waals surface area contributed by atoms with Crippen LogP contribution < -0.4 is 5.48 Å². The minimum Gasteiger partial charge on any atom is -0.289 e. The zero-order valence-corrected chi connectivity index (χ0v) is 6.28. The van der Waals surface area contributed by atoms with E-state index in [2.05, 4.69) is 10.3 Å². The highest BCUT2D eigenvalue weighted by atomic mass is 32.2. The van der Waals surface area contributed by atoms with Crippen molar-refractivity contribution in [2.75, 3.05) is 5.75 Å². The summed E-state index contributed by atoms with van der Waals surface area (Å²) in [5.74, 6) is -0.356. The van der Waals surface area contributed by atoms with Gasteiger partial charge >= 0.3 is 0 Å². The van der Waals surface area contributed by atoms with Gasteiger partial charge < -0.3 is 0 Å². The molecule has 7 heteroatoms. The molecule has 0 aliphatic heterocycles. The average molecular weight is 174 g/mol. The first-order valence-corrected chi connectivity index (χ1v) is 3.69. The van der Waals surface area contributed by atoms with Gasteiger partial charge in [-0.2, -0.15) is 4.09 Å². The second-order valence-corrected chi connectivity index (χ2v) is 2.53. The van der Waals surface area contributed by atoms with E-state index in [-0.39, 0.29) is 5.75 Å². The minimum absolute atomic E-state index is 0.111. The number of hydrogen-bond donors (Lipinski definition) is 2. The van der Waals surface area contributed by atoms with E-state index < -0.39 is 5.91 Å². The van der Waals surface area contributed by atoms with Crippen molar-refractivity contribution in [1.29, 1.82) is 0 Å². The summed E-state index contributed by atoms with van der Waals surface area (Å²) in [6.45, 7) is 0. The van der Waals surface area contributed by atoms with E-state index in [1.807, 2.05) is 0 Å². The highest BCUT2D eigenvalue weighted by molar-refractivity contribution is 7.98. The van der Waals surface area contributed by atoms with Crippen LogP contribution in [-0.4, -0.2) is 31.3 Å². The lowest BCUT2D eigenvalue weighted by molar-refractivity contribution is -0.126. The maximum Gasteiger partial charge on any atom is 0.255 e. The zero-order chi connectivity index (χ0) is 8.10. The molecule has 0 bridgehead atoms. The molecule has 0 saturated carbocycles. The van der Waals surface area contributed by atoms with Crippen molar-refractivity contribution < 1.29 is 10.0 Å². The summed E-state index contributed by atoms with van der Waals surface area (Å²) in [7, 11) is 0. The molecule has 0 fully saturated rings. The molecule has 0 spiro atoms. The Balaban J connectivity index is 2.29. The maximum atomic E-state index is 10.5. The van der Waals surface area contributed by atoms with Crippen molar-refractivity contribution in [1.82, 2.24) is 19.9 Å². The second kappa shape index (κ2) is 3.94. The van der Waals surface area contributed by atoms with E-state index in [1.54, 1.807) is 6.20 Å². The van der Waals surface area contributed by atoms with Gasteiger partial charge in [-0.25, -0.2) is 5.48 Å². The van der Waals surface area contributed by atoms with Crippen LogP contribution >= 0.6 is 11.9 Å². The van der Waals surface area contributed by atoms with Crippen LogP contribution in [0.25, 0.3) is 0 Å². The summed E-state index contributed by atoms with van der Waals surface area (Å²) in [5, 5.41) is 15.2. The van der Waals surface area contributed by atoms with Crippen molar-refractivity contribution in [3.8, 4) is 0 Å². The van der Waals surface area contributed by atoms with Crippen molar-refractivity contribution >= 4 is 17.9 Å². The molecule has 0 aromatic carbocycles. The molecule has 0 saturated heterocycles. The summed E-state index contributed by atoms with van der Waals surface area (Å²) in [6.07, 6.45) is 3.11. The summed E-state index contributed by atoms with van der Waals surface area (Å²) < 4.78 is 1.43. The number of hydrogen-bond acceptors (Lipinski definition) is 5. The SMILES string of the molecule is O=C(CSn1ccnn1)NO. The summed E-state index contributed by atoms with van der Waals surface area (Å²) in [4.78, 5) is 10.5. The van der Waals surface area contributed by atoms with Crippen LogP contribution in [0.4, 0.5) is 0 Å². The first-order chi connectivity index (χ1) is 5.33. The molecule has 6 nitrogen and oxygen atoms in total. The Hall–Kier alpha value is -1.08. The molecule has 0 radical (unpaired) electrons. The van der Waals surface area contributed by atoms with Gasteiger partial charge in [-0.1, -0.05) is 5.21 Å². The smallest absolute Gasteiger partial charge is 0.255 e. The maximum absolute atomic E-state index is 10.5. The Labute approximate surface area is 66.7 Å². The minimum atomic E-state index is -0.467. The van der Waals surface area contributed by atoms with Crippen LogP contribution in [0.1, 0.15) is 0 Å². The normalized spacial score (nSPS) is 9.55. The lowest BCUT2D eigenvalue weighted by Crippen LogP contribution is -2.21. The van der Waals surface area contributed by atoms with Gasteiger partial charge in [0.05, 0.1) is 18.1 Å². The first kappa shape index (κ1) is 8.02. The Morgan fingerprint density at radius 1 is 1.82 bits per heavy atom. The molecule has 1 aromatic heterocycles. The lowest BCUT2D eigenvalue weighted by Gasteiger charge is -1.96. The molecule has 1 heterocycles. The molecule has 0 aliphatic carbocycles. The van der Waals surface area contributed by atoms with Crippen molar-refractivity contribution in [2.45, 2.75) is 0 Å². The van der Waals surface area contributed by atoms with Gasteiger partial charge in [0.1, 0.15) is 0 Å². The summed E-state index contributed by atoms with van der Waals surface area (Å²) in [6, 6.07) is 0. The van der Waals surface area contributed by atoms with E-state index in [9.17, 15) is 4.79 Å². The van der Waals surface area contributed by atoms with Gasteiger partial charge in [0, 0.05) is 0 Å². The number of carbonyl (C=O) groups excluding carboxylic acids is 1. The predicted molar refractivity (Wildman–Crippen MR) is 37.8 cm³/mol. The number of carbonyl (C=O) groups is 1. The molecule has 0 atom stereocenters. The molecular weight excluding hydrogens is 168 g/mol. The number of aromatic nitrogens is 3. The number of hydroxylamine groups is 1. The largest absolute Gasteiger partial charge is 0.289 e. The Bertz CT molecular complexity index is 224. The van der Waals surface area contributed by atoms with Crippen LogP contribution in [0.3, 0.4) is 0 Å². The molecule has 60 valence electrons. The molecule has 1 rings (SSSR count). The summed E-state index contributed by atoms with van der Waals surface area (Å²) >= 11 is 1.13. The standard InChI is InChI=1S/C4H6N4O2S/c9-4(6-10)3-11-8-2-1-5-7-8/h1-2,10H,3H2,(H,6,9). The third-order valence-electron chi connectivity index (χ3n) is 0.853. The Morgan fingerprint density at radius 3 is 3.18 bits per heavy atom. The van der Waals surface area contributed by atoms with Gasteiger partial charge in [0.25, 0.3) is 5.91 Å². The number of nitrogens with one attached hydrogen (secondary N) is 1. The van der Waals surface area contributed by atoms with Gasteiger partial charge in [0.15, 0.2) is 0 Å². The number of amides is 1. The highest BCUT2D eigenvalue weighted by Crippen LogP contribution is 2.00. The van der Waals surface area contributed by atoms with E-state index >= 15 is 0 Å². The van der Waals surface area contributed by atoms with Gasteiger partial charge in [-0.3, -0.25) is 10.0 Å². The van der Waals surface area contributed by atoms with E-state index in [0.717, 1.165) is 11.9 Å². The molecule has 1 amide bonds. The molecule has 0 aliphatic rings. The van der Waals surface area contributed by atoms with E-state index in [1.165, 1.54) is 15.8 Å². The van der Waals surface area contributed by atoms with Crippen LogP contribution in [0, 0.1) is 0 Å². The van der Waals surface area contributed by atoms with Crippen molar-refractivity contribution in [3.05, 3.63) is 12.4 Å².